The second kappa shape index (κ2) is 4.64. The first kappa shape index (κ1) is 12.9. The summed E-state index contributed by atoms with van der Waals surface area (Å²) >= 11 is 1.00. The van der Waals surface area contributed by atoms with Crippen LogP contribution in [0.3, 0.4) is 0 Å². The van der Waals surface area contributed by atoms with E-state index in [2.05, 4.69) is 14.9 Å². The predicted octanol–water partition coefficient (Wildman–Crippen LogP) is 1.08. The summed E-state index contributed by atoms with van der Waals surface area (Å²) in [7, 11) is 0. The highest BCUT2D eigenvalue weighted by Gasteiger charge is 2.48. The Morgan fingerprint density at radius 1 is 1.56 bits per heavy atom. The van der Waals surface area contributed by atoms with Crippen LogP contribution in [0.15, 0.2) is 0 Å². The largest absolute Gasteiger partial charge is 0.480 e. The molecule has 1 saturated carbocycles. The van der Waals surface area contributed by atoms with Gasteiger partial charge in [0.05, 0.1) is 5.69 Å². The van der Waals surface area contributed by atoms with Crippen LogP contribution in [0.25, 0.3) is 0 Å². The van der Waals surface area contributed by atoms with Crippen molar-refractivity contribution in [2.45, 2.75) is 38.6 Å². The highest BCUT2D eigenvalue weighted by Crippen LogP contribution is 2.40. The second-order valence-corrected chi connectivity index (χ2v) is 5.39. The van der Waals surface area contributed by atoms with E-state index >= 15 is 0 Å². The molecule has 0 aromatic carbocycles. The number of hydrogen-bond donors (Lipinski definition) is 2. The molecule has 1 fully saturated rings. The summed E-state index contributed by atoms with van der Waals surface area (Å²) in [6.45, 7) is 3.44. The molecule has 1 aromatic rings. The Morgan fingerprint density at radius 3 is 2.72 bits per heavy atom. The molecule has 1 aliphatic carbocycles. The van der Waals surface area contributed by atoms with Crippen molar-refractivity contribution in [1.29, 1.82) is 0 Å². The van der Waals surface area contributed by atoms with Gasteiger partial charge >= 0.3 is 5.97 Å². The zero-order chi connectivity index (χ0) is 13.3. The molecular formula is C11H15N3O3S. The Labute approximate surface area is 109 Å². The van der Waals surface area contributed by atoms with Crippen LogP contribution in [-0.2, 0) is 11.2 Å². The van der Waals surface area contributed by atoms with Gasteiger partial charge in [0.25, 0.3) is 5.91 Å². The Hall–Kier alpha value is -1.50. The summed E-state index contributed by atoms with van der Waals surface area (Å²) in [6, 6.07) is 0. The van der Waals surface area contributed by atoms with E-state index in [0.717, 1.165) is 24.4 Å². The molecule has 0 saturated heterocycles. The number of amides is 1. The van der Waals surface area contributed by atoms with Gasteiger partial charge in [-0.05, 0) is 43.6 Å². The molecule has 1 heterocycles. The van der Waals surface area contributed by atoms with Gasteiger partial charge in [0.2, 0.25) is 0 Å². The number of carbonyl (C=O) groups is 2. The van der Waals surface area contributed by atoms with E-state index in [1.54, 1.807) is 6.92 Å². The highest BCUT2D eigenvalue weighted by molar-refractivity contribution is 7.08. The lowest BCUT2D eigenvalue weighted by atomic mass is 9.96. The summed E-state index contributed by atoms with van der Waals surface area (Å²) in [5.41, 5.74) is -0.576. The van der Waals surface area contributed by atoms with Crippen LogP contribution < -0.4 is 5.32 Å². The van der Waals surface area contributed by atoms with Crippen molar-refractivity contribution in [3.05, 3.63) is 10.6 Å². The smallest absolute Gasteiger partial charge is 0.329 e. The van der Waals surface area contributed by atoms with Crippen LogP contribution in [0, 0.1) is 5.92 Å². The van der Waals surface area contributed by atoms with Gasteiger partial charge in [0.15, 0.2) is 0 Å². The zero-order valence-electron chi connectivity index (χ0n) is 10.3. The normalized spacial score (nSPS) is 18.1. The minimum atomic E-state index is -1.19. The number of carboxylic acids is 1. The molecule has 98 valence electrons. The molecule has 2 N–H and O–H groups in total. The third-order valence-electron chi connectivity index (χ3n) is 3.31. The summed E-state index contributed by atoms with van der Waals surface area (Å²) in [6.07, 6.45) is 2.28. The molecule has 0 radical (unpaired) electrons. The Balaban J connectivity index is 2.17. The van der Waals surface area contributed by atoms with Gasteiger partial charge in [-0.3, -0.25) is 4.79 Å². The van der Waals surface area contributed by atoms with Crippen LogP contribution >= 0.6 is 11.5 Å². The van der Waals surface area contributed by atoms with Crippen LogP contribution in [0.2, 0.25) is 0 Å². The van der Waals surface area contributed by atoms with Crippen LogP contribution in [0.5, 0.6) is 0 Å². The first-order valence-corrected chi connectivity index (χ1v) is 6.63. The molecule has 1 aliphatic rings. The fraction of sp³-hybridized carbons (Fsp3) is 0.636. The Kier molecular flexibility index (Phi) is 3.34. The van der Waals surface area contributed by atoms with Gasteiger partial charge < -0.3 is 10.4 Å². The number of aromatic nitrogens is 2. The lowest BCUT2D eigenvalue weighted by Gasteiger charge is -2.25. The van der Waals surface area contributed by atoms with Crippen molar-refractivity contribution in [2.75, 3.05) is 0 Å². The predicted molar refractivity (Wildman–Crippen MR) is 65.5 cm³/mol. The summed E-state index contributed by atoms with van der Waals surface area (Å²) in [5, 5.41) is 15.7. The molecule has 1 unspecified atom stereocenters. The monoisotopic (exact) mass is 269 g/mol. The maximum absolute atomic E-state index is 12.1. The van der Waals surface area contributed by atoms with Crippen molar-refractivity contribution >= 4 is 23.4 Å². The van der Waals surface area contributed by atoms with Gasteiger partial charge in [-0.25, -0.2) is 4.79 Å². The number of rotatable bonds is 5. The highest BCUT2D eigenvalue weighted by atomic mass is 32.1. The molecule has 0 aliphatic heterocycles. The lowest BCUT2D eigenvalue weighted by molar-refractivity contribution is -0.144. The average Bonchev–Trinajstić information content (AvgIpc) is 3.07. The number of carboxylic acid groups (broad SMARTS) is 1. The number of nitrogens with one attached hydrogen (secondary N) is 1. The molecule has 7 heteroatoms. The van der Waals surface area contributed by atoms with E-state index in [9.17, 15) is 14.7 Å². The van der Waals surface area contributed by atoms with Gasteiger partial charge in [-0.1, -0.05) is 11.4 Å². The van der Waals surface area contributed by atoms with Gasteiger partial charge in [0.1, 0.15) is 10.4 Å². The number of aliphatic carboxylic acids is 1. The Morgan fingerprint density at radius 2 is 2.22 bits per heavy atom. The van der Waals surface area contributed by atoms with Crippen LogP contribution in [0.1, 0.15) is 42.1 Å². The average molecular weight is 269 g/mol. The second-order valence-electron chi connectivity index (χ2n) is 4.64. The number of nitrogens with zero attached hydrogens (tertiary/aromatic N) is 2. The topological polar surface area (TPSA) is 92.2 Å². The minimum absolute atomic E-state index is 0.0184. The summed E-state index contributed by atoms with van der Waals surface area (Å²) in [4.78, 5) is 23.8. The molecule has 2 rings (SSSR count). The van der Waals surface area contributed by atoms with E-state index in [-0.39, 0.29) is 5.92 Å². The molecular weight excluding hydrogens is 254 g/mol. The number of hydrogen-bond acceptors (Lipinski definition) is 5. The Bertz CT molecular complexity index is 484. The standard InChI is InChI=1S/C11H15N3O3S/c1-3-7-8(18-14-13-7)9(15)12-11(2,10(16)17)6-4-5-6/h6H,3-5H2,1-2H3,(H,12,15)(H,16,17). The van der Waals surface area contributed by atoms with E-state index in [0.29, 0.717) is 17.0 Å². The molecule has 18 heavy (non-hydrogen) atoms. The van der Waals surface area contributed by atoms with Crippen molar-refractivity contribution < 1.29 is 14.7 Å². The third kappa shape index (κ3) is 2.22. The lowest BCUT2D eigenvalue weighted by Crippen LogP contribution is -2.54. The zero-order valence-corrected chi connectivity index (χ0v) is 11.1. The summed E-state index contributed by atoms with van der Waals surface area (Å²) < 4.78 is 3.73. The molecule has 1 aromatic heterocycles. The fourth-order valence-electron chi connectivity index (χ4n) is 1.90. The minimum Gasteiger partial charge on any atom is -0.480 e. The van der Waals surface area contributed by atoms with E-state index in [4.69, 9.17) is 0 Å². The molecule has 6 nitrogen and oxygen atoms in total. The first-order chi connectivity index (χ1) is 8.49. The third-order valence-corrected chi connectivity index (χ3v) is 4.08. The van der Waals surface area contributed by atoms with E-state index in [1.807, 2.05) is 6.92 Å². The SMILES string of the molecule is CCc1nnsc1C(=O)NC(C)(C(=O)O)C1CC1. The van der Waals surface area contributed by atoms with Crippen molar-refractivity contribution in [3.8, 4) is 0 Å². The van der Waals surface area contributed by atoms with E-state index in [1.165, 1.54) is 0 Å². The summed E-state index contributed by atoms with van der Waals surface area (Å²) in [5.74, 6) is -1.36. The van der Waals surface area contributed by atoms with Gasteiger partial charge in [0, 0.05) is 0 Å². The maximum Gasteiger partial charge on any atom is 0.329 e. The van der Waals surface area contributed by atoms with Crippen LogP contribution in [-0.4, -0.2) is 32.1 Å². The van der Waals surface area contributed by atoms with Gasteiger partial charge in [-0.15, -0.1) is 5.10 Å². The van der Waals surface area contributed by atoms with E-state index < -0.39 is 17.4 Å². The molecule has 1 atom stereocenters. The fourth-order valence-corrected chi connectivity index (χ4v) is 2.54. The van der Waals surface area contributed by atoms with Crippen molar-refractivity contribution in [1.82, 2.24) is 14.9 Å². The molecule has 0 spiro atoms. The van der Waals surface area contributed by atoms with Gasteiger partial charge in [-0.2, -0.15) is 0 Å². The molecule has 1 amide bonds. The molecule has 0 bridgehead atoms. The quantitative estimate of drug-likeness (QED) is 0.834. The first-order valence-electron chi connectivity index (χ1n) is 5.86. The van der Waals surface area contributed by atoms with Crippen LogP contribution in [0.4, 0.5) is 0 Å². The number of carbonyl (C=O) groups excluding carboxylic acids is 1. The maximum atomic E-state index is 12.1. The van der Waals surface area contributed by atoms with Crippen molar-refractivity contribution in [2.24, 2.45) is 5.92 Å². The van der Waals surface area contributed by atoms with Crippen molar-refractivity contribution in [3.63, 3.8) is 0 Å². The number of aryl methyl sites for hydroxylation is 1.